The van der Waals surface area contributed by atoms with Crippen LogP contribution in [0.15, 0.2) is 12.2 Å². The van der Waals surface area contributed by atoms with Gasteiger partial charge in [-0.3, -0.25) is 0 Å². The standard InChI is InChI=1S/C8H14.C3H9N/c1-2-4-6-8-7-5-3-1;1-4(2)3/h1-2H,3-8H2;1-3H3. The highest BCUT2D eigenvalue weighted by Crippen LogP contribution is 2.09. The largest absolute Gasteiger partial charge is 0.312 e. The van der Waals surface area contributed by atoms with E-state index in [1.165, 1.54) is 38.5 Å². The molecule has 0 atom stereocenters. The number of allylic oxidation sites excluding steroid dienone is 2. The maximum absolute atomic E-state index is 2.32. The molecule has 0 N–H and O–H groups in total. The molecule has 0 heterocycles. The molecule has 0 fully saturated rings. The summed E-state index contributed by atoms with van der Waals surface area (Å²) in [4.78, 5) is 2.00. The molecule has 0 saturated carbocycles. The van der Waals surface area contributed by atoms with Gasteiger partial charge in [-0.2, -0.15) is 0 Å². The summed E-state index contributed by atoms with van der Waals surface area (Å²) in [6.45, 7) is 0. The van der Waals surface area contributed by atoms with Crippen LogP contribution < -0.4 is 0 Å². The molecule has 0 radical (unpaired) electrons. The van der Waals surface area contributed by atoms with Gasteiger partial charge in [0, 0.05) is 0 Å². The lowest BCUT2D eigenvalue weighted by atomic mass is 10.1. The van der Waals surface area contributed by atoms with E-state index in [-0.39, 0.29) is 0 Å². The third-order valence-electron chi connectivity index (χ3n) is 1.66. The van der Waals surface area contributed by atoms with Gasteiger partial charge < -0.3 is 4.90 Å². The molecule has 1 aliphatic carbocycles. The van der Waals surface area contributed by atoms with Crippen LogP contribution in [-0.4, -0.2) is 26.0 Å². The van der Waals surface area contributed by atoms with E-state index in [0.717, 1.165) is 0 Å². The summed E-state index contributed by atoms with van der Waals surface area (Å²) in [5.41, 5.74) is 0. The Morgan fingerprint density at radius 1 is 0.750 bits per heavy atom. The van der Waals surface area contributed by atoms with Crippen LogP contribution in [0.4, 0.5) is 0 Å². The fourth-order valence-corrected chi connectivity index (χ4v) is 1.11. The summed E-state index contributed by atoms with van der Waals surface area (Å²) >= 11 is 0. The van der Waals surface area contributed by atoms with Crippen molar-refractivity contribution >= 4 is 0 Å². The highest BCUT2D eigenvalue weighted by atomic mass is 15.0. The third kappa shape index (κ3) is 12.4. The molecule has 0 aromatic heterocycles. The lowest BCUT2D eigenvalue weighted by Gasteiger charge is -2.00. The Morgan fingerprint density at radius 2 is 1.08 bits per heavy atom. The fraction of sp³-hybridized carbons (Fsp3) is 0.818. The molecule has 0 unspecified atom stereocenters. The Hall–Kier alpha value is -0.300. The van der Waals surface area contributed by atoms with E-state index >= 15 is 0 Å². The van der Waals surface area contributed by atoms with E-state index < -0.39 is 0 Å². The first-order chi connectivity index (χ1) is 5.73. The van der Waals surface area contributed by atoms with Gasteiger partial charge in [-0.05, 0) is 46.8 Å². The minimum absolute atomic E-state index is 1.32. The van der Waals surface area contributed by atoms with Gasteiger partial charge in [0.15, 0.2) is 0 Å². The van der Waals surface area contributed by atoms with Crippen LogP contribution in [-0.2, 0) is 0 Å². The van der Waals surface area contributed by atoms with Gasteiger partial charge in [-0.15, -0.1) is 0 Å². The predicted octanol–water partition coefficient (Wildman–Crippen LogP) is 3.07. The van der Waals surface area contributed by atoms with Crippen LogP contribution in [0.2, 0.25) is 0 Å². The van der Waals surface area contributed by atoms with Gasteiger partial charge in [0.2, 0.25) is 0 Å². The van der Waals surface area contributed by atoms with Crippen LogP contribution in [0.5, 0.6) is 0 Å². The van der Waals surface area contributed by atoms with Crippen LogP contribution in [0.1, 0.15) is 38.5 Å². The molecule has 0 amide bonds. The molecule has 0 aromatic rings. The highest BCUT2D eigenvalue weighted by molar-refractivity contribution is 4.82. The molecule has 0 spiro atoms. The smallest absolute Gasteiger partial charge is 0.0140 e. The first kappa shape index (κ1) is 11.7. The summed E-state index contributed by atoms with van der Waals surface area (Å²) in [5.74, 6) is 0. The second kappa shape index (κ2) is 8.79. The van der Waals surface area contributed by atoms with Crippen LogP contribution in [0.3, 0.4) is 0 Å². The SMILES string of the molecule is C1=CCCCCCC1.CN(C)C. The Morgan fingerprint density at radius 3 is 1.42 bits per heavy atom. The van der Waals surface area contributed by atoms with Gasteiger partial charge in [0.25, 0.3) is 0 Å². The maximum atomic E-state index is 2.32. The van der Waals surface area contributed by atoms with Crippen molar-refractivity contribution in [1.29, 1.82) is 0 Å². The summed E-state index contributed by atoms with van der Waals surface area (Å²) < 4.78 is 0. The minimum Gasteiger partial charge on any atom is -0.312 e. The van der Waals surface area contributed by atoms with Crippen molar-refractivity contribution in [3.05, 3.63) is 12.2 Å². The van der Waals surface area contributed by atoms with Crippen molar-refractivity contribution in [3.8, 4) is 0 Å². The Bertz CT molecular complexity index is 92.8. The Balaban J connectivity index is 0.000000261. The predicted molar refractivity (Wildman–Crippen MR) is 56.5 cm³/mol. The van der Waals surface area contributed by atoms with Crippen molar-refractivity contribution in [2.75, 3.05) is 21.1 Å². The van der Waals surface area contributed by atoms with Crippen molar-refractivity contribution in [2.45, 2.75) is 38.5 Å². The molecule has 0 aromatic carbocycles. The second-order valence-electron chi connectivity index (χ2n) is 3.80. The zero-order valence-electron chi connectivity index (χ0n) is 8.84. The van der Waals surface area contributed by atoms with Crippen LogP contribution in [0, 0.1) is 0 Å². The summed E-state index contributed by atoms with van der Waals surface area (Å²) in [5, 5.41) is 0. The summed E-state index contributed by atoms with van der Waals surface area (Å²) in [6.07, 6.45) is 13.0. The van der Waals surface area contributed by atoms with Gasteiger partial charge in [-0.25, -0.2) is 0 Å². The lowest BCUT2D eigenvalue weighted by Crippen LogP contribution is -1.99. The van der Waals surface area contributed by atoms with Crippen molar-refractivity contribution in [2.24, 2.45) is 0 Å². The number of hydrogen-bond acceptors (Lipinski definition) is 1. The van der Waals surface area contributed by atoms with E-state index in [0.29, 0.717) is 0 Å². The minimum atomic E-state index is 1.32. The normalized spacial score (nSPS) is 17.7. The molecule has 12 heavy (non-hydrogen) atoms. The second-order valence-corrected chi connectivity index (χ2v) is 3.80. The van der Waals surface area contributed by atoms with Crippen molar-refractivity contribution < 1.29 is 0 Å². The number of hydrogen-bond donors (Lipinski definition) is 0. The topological polar surface area (TPSA) is 3.24 Å². The summed E-state index contributed by atoms with van der Waals surface area (Å²) in [6, 6.07) is 0. The average molecular weight is 169 g/mol. The van der Waals surface area contributed by atoms with E-state index in [1.54, 1.807) is 0 Å². The van der Waals surface area contributed by atoms with Crippen molar-refractivity contribution in [3.63, 3.8) is 0 Å². The van der Waals surface area contributed by atoms with Crippen LogP contribution >= 0.6 is 0 Å². The molecule has 72 valence electrons. The monoisotopic (exact) mass is 169 g/mol. The van der Waals surface area contributed by atoms with E-state index in [9.17, 15) is 0 Å². The molecule has 0 saturated heterocycles. The van der Waals surface area contributed by atoms with Gasteiger partial charge in [-0.1, -0.05) is 25.0 Å². The highest BCUT2D eigenvalue weighted by Gasteiger charge is 1.89. The molecule has 1 heteroatoms. The van der Waals surface area contributed by atoms with Crippen molar-refractivity contribution in [1.82, 2.24) is 4.90 Å². The van der Waals surface area contributed by atoms with Gasteiger partial charge >= 0.3 is 0 Å². The first-order valence-corrected chi connectivity index (χ1v) is 4.99. The Kier molecular flexibility index (Phi) is 8.57. The zero-order chi connectivity index (χ0) is 9.23. The summed E-state index contributed by atoms with van der Waals surface area (Å²) in [7, 11) is 6.00. The molecule has 1 rings (SSSR count). The number of rotatable bonds is 0. The van der Waals surface area contributed by atoms with Gasteiger partial charge in [0.05, 0.1) is 0 Å². The Labute approximate surface area is 77.5 Å². The lowest BCUT2D eigenvalue weighted by molar-refractivity contribution is 0.505. The number of nitrogens with zero attached hydrogens (tertiary/aromatic N) is 1. The van der Waals surface area contributed by atoms with E-state index in [1.807, 2.05) is 26.0 Å². The third-order valence-corrected chi connectivity index (χ3v) is 1.66. The molecular formula is C11H23N. The van der Waals surface area contributed by atoms with E-state index in [4.69, 9.17) is 0 Å². The van der Waals surface area contributed by atoms with Gasteiger partial charge in [0.1, 0.15) is 0 Å². The maximum Gasteiger partial charge on any atom is -0.0140 e. The quantitative estimate of drug-likeness (QED) is 0.504. The molecule has 0 aliphatic heterocycles. The molecule has 0 bridgehead atoms. The fourth-order valence-electron chi connectivity index (χ4n) is 1.11. The van der Waals surface area contributed by atoms with E-state index in [2.05, 4.69) is 12.2 Å². The molecule has 1 aliphatic rings. The molecular weight excluding hydrogens is 146 g/mol. The zero-order valence-corrected chi connectivity index (χ0v) is 8.84. The average Bonchev–Trinajstić information content (AvgIpc) is 1.82. The first-order valence-electron chi connectivity index (χ1n) is 4.99. The van der Waals surface area contributed by atoms with Crippen LogP contribution in [0.25, 0.3) is 0 Å². The molecule has 1 nitrogen and oxygen atoms in total.